The lowest BCUT2D eigenvalue weighted by atomic mass is 10.2. The molecular weight excluding hydrogens is 306 g/mol. The van der Waals surface area contributed by atoms with Gasteiger partial charge in [0.25, 0.3) is 11.1 Å². The summed E-state index contributed by atoms with van der Waals surface area (Å²) >= 11 is 0.802. The van der Waals surface area contributed by atoms with E-state index in [2.05, 4.69) is 4.74 Å². The van der Waals surface area contributed by atoms with Gasteiger partial charge in [0.15, 0.2) is 0 Å². The van der Waals surface area contributed by atoms with Crippen LogP contribution in [0.5, 0.6) is 5.75 Å². The van der Waals surface area contributed by atoms with Crippen molar-refractivity contribution in [3.63, 3.8) is 0 Å². The molecule has 1 aliphatic rings. The number of benzene rings is 1. The van der Waals surface area contributed by atoms with Crippen LogP contribution in [0, 0.1) is 0 Å². The van der Waals surface area contributed by atoms with Crippen LogP contribution >= 0.6 is 11.8 Å². The molecule has 1 saturated heterocycles. The van der Waals surface area contributed by atoms with E-state index in [0.29, 0.717) is 5.75 Å². The second-order valence-electron chi connectivity index (χ2n) is 4.52. The highest BCUT2D eigenvalue weighted by Crippen LogP contribution is 2.33. The van der Waals surface area contributed by atoms with Crippen LogP contribution in [0.3, 0.4) is 0 Å². The van der Waals surface area contributed by atoms with E-state index in [1.54, 1.807) is 37.5 Å². The van der Waals surface area contributed by atoms with E-state index in [-0.39, 0.29) is 4.91 Å². The third-order valence-electron chi connectivity index (χ3n) is 3.17. The third-order valence-corrected chi connectivity index (χ3v) is 4.05. The van der Waals surface area contributed by atoms with Crippen molar-refractivity contribution in [2.45, 2.75) is 13.0 Å². The summed E-state index contributed by atoms with van der Waals surface area (Å²) in [6.45, 7) is 1.46. The monoisotopic (exact) mass is 321 g/mol. The fraction of sp³-hybridized carbons (Fsp3) is 0.267. The lowest BCUT2D eigenvalue weighted by Crippen LogP contribution is -2.42. The summed E-state index contributed by atoms with van der Waals surface area (Å²) in [5.74, 6) is -0.429. The van der Waals surface area contributed by atoms with Gasteiger partial charge in [0.05, 0.1) is 19.1 Å². The maximum absolute atomic E-state index is 12.3. The fourth-order valence-electron chi connectivity index (χ4n) is 1.94. The number of esters is 1. The molecule has 1 heterocycles. The Morgan fingerprint density at radius 3 is 2.41 bits per heavy atom. The minimum absolute atomic E-state index is 0.269. The second-order valence-corrected chi connectivity index (χ2v) is 5.52. The Labute approximate surface area is 132 Å². The number of carbonyl (C=O) groups is 3. The second kappa shape index (κ2) is 6.65. The zero-order valence-electron chi connectivity index (χ0n) is 12.4. The molecule has 116 valence electrons. The van der Waals surface area contributed by atoms with Crippen molar-refractivity contribution in [1.82, 2.24) is 4.90 Å². The molecule has 0 bridgehead atoms. The van der Waals surface area contributed by atoms with Gasteiger partial charge in [-0.3, -0.25) is 14.5 Å². The van der Waals surface area contributed by atoms with Gasteiger partial charge in [-0.15, -0.1) is 0 Å². The van der Waals surface area contributed by atoms with Gasteiger partial charge in [0, 0.05) is 0 Å². The maximum Gasteiger partial charge on any atom is 0.328 e. The molecule has 1 fully saturated rings. The van der Waals surface area contributed by atoms with Crippen LogP contribution < -0.4 is 4.74 Å². The molecule has 0 saturated carbocycles. The molecule has 1 aromatic rings. The Bertz CT molecular complexity index is 638. The van der Waals surface area contributed by atoms with Gasteiger partial charge in [0.1, 0.15) is 11.8 Å². The molecule has 0 aliphatic carbocycles. The van der Waals surface area contributed by atoms with Gasteiger partial charge >= 0.3 is 5.97 Å². The average Bonchev–Trinajstić information content (AvgIpc) is 2.80. The summed E-state index contributed by atoms with van der Waals surface area (Å²) in [5, 5.41) is -0.484. The highest BCUT2D eigenvalue weighted by atomic mass is 32.2. The molecule has 0 spiro atoms. The number of hydrogen-bond acceptors (Lipinski definition) is 6. The molecule has 7 heteroatoms. The van der Waals surface area contributed by atoms with Crippen molar-refractivity contribution in [3.05, 3.63) is 34.7 Å². The molecule has 6 nitrogen and oxygen atoms in total. The third kappa shape index (κ3) is 3.14. The summed E-state index contributed by atoms with van der Waals surface area (Å²) < 4.78 is 9.63. The van der Waals surface area contributed by atoms with E-state index in [9.17, 15) is 14.4 Å². The van der Waals surface area contributed by atoms with Crippen LogP contribution in [0.2, 0.25) is 0 Å². The van der Waals surface area contributed by atoms with Gasteiger partial charge in [-0.05, 0) is 42.5 Å². The molecule has 22 heavy (non-hydrogen) atoms. The van der Waals surface area contributed by atoms with Crippen molar-refractivity contribution >= 4 is 35.0 Å². The molecule has 1 aliphatic heterocycles. The molecule has 1 atom stereocenters. The first kappa shape index (κ1) is 16.1. The zero-order chi connectivity index (χ0) is 16.3. The molecule has 0 radical (unpaired) electrons. The van der Waals surface area contributed by atoms with Gasteiger partial charge in [-0.25, -0.2) is 4.79 Å². The summed E-state index contributed by atoms with van der Waals surface area (Å²) in [4.78, 5) is 36.9. The molecule has 0 N–H and O–H groups in total. The zero-order valence-corrected chi connectivity index (χ0v) is 13.2. The highest BCUT2D eigenvalue weighted by Gasteiger charge is 2.41. The van der Waals surface area contributed by atoms with E-state index < -0.39 is 23.2 Å². The number of methoxy groups -OCH3 is 2. The summed E-state index contributed by atoms with van der Waals surface area (Å²) in [6.07, 6.45) is 1.61. The molecule has 2 rings (SSSR count). The maximum atomic E-state index is 12.3. The normalized spacial score (nSPS) is 17.8. The van der Waals surface area contributed by atoms with Gasteiger partial charge < -0.3 is 9.47 Å². The van der Waals surface area contributed by atoms with Crippen LogP contribution in [0.15, 0.2) is 29.2 Å². The first-order valence-electron chi connectivity index (χ1n) is 6.47. The van der Waals surface area contributed by atoms with Gasteiger partial charge in [0.2, 0.25) is 0 Å². The predicted molar refractivity (Wildman–Crippen MR) is 82.3 cm³/mol. The van der Waals surface area contributed by atoms with Crippen molar-refractivity contribution in [2.75, 3.05) is 14.2 Å². The lowest BCUT2D eigenvalue weighted by molar-refractivity contribution is -0.148. The van der Waals surface area contributed by atoms with E-state index >= 15 is 0 Å². The Kier molecular flexibility index (Phi) is 4.87. The number of ether oxygens (including phenoxy) is 2. The number of nitrogens with zero attached hydrogens (tertiary/aromatic N) is 1. The van der Waals surface area contributed by atoms with E-state index in [0.717, 1.165) is 22.2 Å². The van der Waals surface area contributed by atoms with E-state index in [4.69, 9.17) is 4.74 Å². The Hall–Kier alpha value is -2.28. The van der Waals surface area contributed by atoms with Crippen molar-refractivity contribution in [3.8, 4) is 5.75 Å². The molecule has 2 amide bonds. The van der Waals surface area contributed by atoms with Crippen molar-refractivity contribution in [2.24, 2.45) is 0 Å². The molecule has 1 aromatic carbocycles. The number of thioether (sulfide) groups is 1. The van der Waals surface area contributed by atoms with Gasteiger partial charge in [-0.2, -0.15) is 0 Å². The van der Waals surface area contributed by atoms with Crippen LogP contribution in [-0.4, -0.2) is 42.3 Å². The Balaban J connectivity index is 2.23. The SMILES string of the molecule is COC(=O)[C@H](C)N1C(=O)S/C(=C\c2ccc(OC)cc2)C1=O. The topological polar surface area (TPSA) is 72.9 Å². The minimum Gasteiger partial charge on any atom is -0.497 e. The number of carbonyl (C=O) groups excluding carboxylic acids is 3. The van der Waals surface area contributed by atoms with Crippen LogP contribution in [0.4, 0.5) is 4.79 Å². The largest absolute Gasteiger partial charge is 0.497 e. The number of amides is 2. The fourth-order valence-corrected chi connectivity index (χ4v) is 2.85. The number of imide groups is 1. The highest BCUT2D eigenvalue weighted by molar-refractivity contribution is 8.18. The van der Waals surface area contributed by atoms with E-state index in [1.807, 2.05) is 0 Å². The van der Waals surface area contributed by atoms with Crippen LogP contribution in [0.1, 0.15) is 12.5 Å². The van der Waals surface area contributed by atoms with Gasteiger partial charge in [-0.1, -0.05) is 12.1 Å². The average molecular weight is 321 g/mol. The summed E-state index contributed by atoms with van der Waals surface area (Å²) in [7, 11) is 2.78. The van der Waals surface area contributed by atoms with Crippen molar-refractivity contribution < 1.29 is 23.9 Å². The summed E-state index contributed by atoms with van der Waals surface area (Å²) in [5.41, 5.74) is 0.761. The standard InChI is InChI=1S/C15H15NO5S/c1-9(14(18)21-3)16-13(17)12(22-15(16)19)8-10-4-6-11(20-2)7-5-10/h4-9H,1-3H3/b12-8-/t9-/m0/s1. The Morgan fingerprint density at radius 2 is 1.86 bits per heavy atom. The minimum atomic E-state index is -0.945. The lowest BCUT2D eigenvalue weighted by Gasteiger charge is -2.18. The van der Waals surface area contributed by atoms with Crippen LogP contribution in [-0.2, 0) is 14.3 Å². The van der Waals surface area contributed by atoms with Crippen LogP contribution in [0.25, 0.3) is 6.08 Å². The first-order valence-corrected chi connectivity index (χ1v) is 7.28. The number of hydrogen-bond donors (Lipinski definition) is 0. The molecule has 0 aromatic heterocycles. The quantitative estimate of drug-likeness (QED) is 0.626. The smallest absolute Gasteiger partial charge is 0.328 e. The molecular formula is C15H15NO5S. The summed E-state index contributed by atoms with van der Waals surface area (Å²) in [6, 6.07) is 6.12. The first-order chi connectivity index (χ1) is 10.5. The molecule has 0 unspecified atom stereocenters. The predicted octanol–water partition coefficient (Wildman–Crippen LogP) is 2.29. The Morgan fingerprint density at radius 1 is 1.23 bits per heavy atom. The van der Waals surface area contributed by atoms with Crippen molar-refractivity contribution in [1.29, 1.82) is 0 Å². The number of rotatable bonds is 4. The van der Waals surface area contributed by atoms with E-state index in [1.165, 1.54) is 14.0 Å².